The van der Waals surface area contributed by atoms with Gasteiger partial charge in [0.1, 0.15) is 11.5 Å². The fourth-order valence-corrected chi connectivity index (χ4v) is 6.31. The molecule has 2 aromatic heterocycles. The van der Waals surface area contributed by atoms with Crippen molar-refractivity contribution >= 4 is 51.7 Å². The number of anilines is 1. The average molecular weight is 600 g/mol. The summed E-state index contributed by atoms with van der Waals surface area (Å²) >= 11 is 13.2. The summed E-state index contributed by atoms with van der Waals surface area (Å²) in [7, 11) is 0. The van der Waals surface area contributed by atoms with Crippen LogP contribution in [-0.4, -0.2) is 80.1 Å². The number of carbonyl (C=O) groups excluding carboxylic acids is 2. The molecule has 12 heteroatoms. The van der Waals surface area contributed by atoms with Crippen LogP contribution in [0.2, 0.25) is 10.2 Å². The van der Waals surface area contributed by atoms with E-state index < -0.39 is 0 Å². The van der Waals surface area contributed by atoms with Crippen molar-refractivity contribution in [1.29, 1.82) is 0 Å². The molecule has 0 radical (unpaired) electrons. The van der Waals surface area contributed by atoms with Crippen molar-refractivity contribution in [2.24, 2.45) is 0 Å². The number of halogens is 2. The van der Waals surface area contributed by atoms with Crippen LogP contribution in [0.25, 0.3) is 10.9 Å². The number of nitrogens with one attached hydrogen (secondary N) is 3. The first-order valence-corrected chi connectivity index (χ1v) is 14.5. The summed E-state index contributed by atoms with van der Waals surface area (Å²) < 4.78 is 1.96. The van der Waals surface area contributed by atoms with Crippen LogP contribution in [-0.2, 0) is 16.8 Å². The van der Waals surface area contributed by atoms with Crippen molar-refractivity contribution in [2.75, 3.05) is 38.0 Å². The van der Waals surface area contributed by atoms with Gasteiger partial charge in [-0.05, 0) is 35.6 Å². The van der Waals surface area contributed by atoms with Gasteiger partial charge in [-0.2, -0.15) is 5.10 Å². The molecule has 218 valence electrons. The second kappa shape index (κ2) is 11.5. The van der Waals surface area contributed by atoms with Gasteiger partial charge in [-0.1, -0.05) is 56.6 Å². The largest absolute Gasteiger partial charge is 0.361 e. The Hall–Kier alpha value is -3.34. The van der Waals surface area contributed by atoms with Crippen LogP contribution in [0.4, 0.5) is 5.82 Å². The molecule has 41 heavy (non-hydrogen) atoms. The fourth-order valence-electron chi connectivity index (χ4n) is 5.58. The van der Waals surface area contributed by atoms with Crippen molar-refractivity contribution in [3.05, 3.63) is 64.7 Å². The Morgan fingerprint density at radius 2 is 1.95 bits per heavy atom. The lowest BCUT2D eigenvalue weighted by Gasteiger charge is -2.39. The molecule has 0 bridgehead atoms. The second-order valence-corrected chi connectivity index (χ2v) is 12.5. The number of H-pyrrole nitrogens is 1. The molecular formula is C29H36Cl2N8O2. The molecule has 3 aromatic rings. The normalized spacial score (nSPS) is 18.0. The lowest BCUT2D eigenvalue weighted by Crippen LogP contribution is -2.60. The number of hydrogen-bond donors (Lipinski definition) is 3. The first-order chi connectivity index (χ1) is 19.5. The third-order valence-electron chi connectivity index (χ3n) is 7.73. The number of amides is 2. The summed E-state index contributed by atoms with van der Waals surface area (Å²) in [6, 6.07) is 3.81. The summed E-state index contributed by atoms with van der Waals surface area (Å²) in [5, 5.41) is 15.7. The highest BCUT2D eigenvalue weighted by molar-refractivity contribution is 6.32. The quantitative estimate of drug-likeness (QED) is 0.246. The predicted molar refractivity (Wildman–Crippen MR) is 163 cm³/mol. The Bertz CT molecular complexity index is 1500. The lowest BCUT2D eigenvalue weighted by molar-refractivity contribution is -0.130. The Kier molecular flexibility index (Phi) is 8.18. The predicted octanol–water partition coefficient (Wildman–Crippen LogP) is 4.54. The van der Waals surface area contributed by atoms with E-state index in [9.17, 15) is 9.59 Å². The van der Waals surface area contributed by atoms with Crippen molar-refractivity contribution in [3.63, 3.8) is 0 Å². The van der Waals surface area contributed by atoms with E-state index in [1.807, 2.05) is 16.7 Å². The van der Waals surface area contributed by atoms with Gasteiger partial charge in [-0.25, -0.2) is 4.98 Å². The van der Waals surface area contributed by atoms with Gasteiger partial charge in [-0.3, -0.25) is 19.6 Å². The summed E-state index contributed by atoms with van der Waals surface area (Å²) in [4.78, 5) is 33.9. The number of aromatic nitrogens is 4. The Morgan fingerprint density at radius 1 is 1.20 bits per heavy atom. The Morgan fingerprint density at radius 3 is 2.63 bits per heavy atom. The monoisotopic (exact) mass is 598 g/mol. The molecule has 10 nitrogen and oxygen atoms in total. The summed E-state index contributed by atoms with van der Waals surface area (Å²) in [6.07, 6.45) is 4.00. The molecule has 2 aliphatic heterocycles. The molecule has 3 N–H and O–H groups in total. The second-order valence-electron chi connectivity index (χ2n) is 11.7. The van der Waals surface area contributed by atoms with Gasteiger partial charge in [0, 0.05) is 49.2 Å². The maximum absolute atomic E-state index is 13.5. The van der Waals surface area contributed by atoms with Crippen LogP contribution in [0.3, 0.4) is 0 Å². The Labute approximate surface area is 249 Å². The number of aromatic amines is 1. The highest BCUT2D eigenvalue weighted by Crippen LogP contribution is 2.35. The van der Waals surface area contributed by atoms with Crippen LogP contribution < -0.4 is 10.6 Å². The molecule has 5 rings (SSSR count). The number of hydrogen-bond acceptors (Lipinski definition) is 6. The van der Waals surface area contributed by atoms with Crippen molar-refractivity contribution in [3.8, 4) is 0 Å². The third kappa shape index (κ3) is 5.86. The number of rotatable bonds is 9. The van der Waals surface area contributed by atoms with E-state index in [2.05, 4.69) is 70.7 Å². The summed E-state index contributed by atoms with van der Waals surface area (Å²) in [6.45, 7) is 17.3. The summed E-state index contributed by atoms with van der Waals surface area (Å²) in [5.41, 5.74) is 2.04. The number of nitrogens with zero attached hydrogens (tertiary/aromatic N) is 5. The van der Waals surface area contributed by atoms with Crippen LogP contribution in [0.1, 0.15) is 55.1 Å². The van der Waals surface area contributed by atoms with Gasteiger partial charge in [0.2, 0.25) is 5.91 Å². The SMILES string of the molecule is C=CCN1CC[C@@H](n2c(CNc3n[nH]c4cc(Cl)c(C(C)(C)C)cc34)nc(Cl)c2C(=O)NC2CN(C(=O)C=C)C2)C1. The topological polar surface area (TPSA) is 111 Å². The molecule has 2 saturated heterocycles. The third-order valence-corrected chi connectivity index (χ3v) is 8.31. The first kappa shape index (κ1) is 29.2. The van der Waals surface area contributed by atoms with Crippen molar-refractivity contribution in [2.45, 2.75) is 51.2 Å². The zero-order valence-corrected chi connectivity index (χ0v) is 25.1. The molecule has 0 spiro atoms. The van der Waals surface area contributed by atoms with E-state index >= 15 is 0 Å². The van der Waals surface area contributed by atoms with E-state index in [4.69, 9.17) is 23.2 Å². The van der Waals surface area contributed by atoms with E-state index in [0.717, 1.165) is 42.5 Å². The number of likely N-dealkylation sites (tertiary alicyclic amines) is 2. The molecule has 0 saturated carbocycles. The maximum Gasteiger partial charge on any atom is 0.271 e. The molecule has 0 aliphatic carbocycles. The van der Waals surface area contributed by atoms with Crippen LogP contribution in [0.15, 0.2) is 37.4 Å². The minimum Gasteiger partial charge on any atom is -0.361 e. The smallest absolute Gasteiger partial charge is 0.271 e. The number of fused-ring (bicyclic) bond motifs is 1. The molecule has 0 unspecified atom stereocenters. The molecule has 2 aliphatic rings. The molecular weight excluding hydrogens is 563 g/mol. The van der Waals surface area contributed by atoms with E-state index in [-0.39, 0.29) is 34.5 Å². The van der Waals surface area contributed by atoms with Gasteiger partial charge in [0.15, 0.2) is 11.0 Å². The van der Waals surface area contributed by atoms with Gasteiger partial charge in [0.25, 0.3) is 5.91 Å². The average Bonchev–Trinajstić information content (AvgIpc) is 3.59. The van der Waals surface area contributed by atoms with Gasteiger partial charge < -0.3 is 20.1 Å². The molecule has 2 fully saturated rings. The van der Waals surface area contributed by atoms with Gasteiger partial charge in [-0.15, -0.1) is 6.58 Å². The molecule has 2 amide bonds. The summed E-state index contributed by atoms with van der Waals surface area (Å²) in [5.74, 6) is 0.855. The van der Waals surface area contributed by atoms with E-state index in [1.54, 1.807) is 4.90 Å². The highest BCUT2D eigenvalue weighted by Gasteiger charge is 2.35. The maximum atomic E-state index is 13.5. The van der Waals surface area contributed by atoms with Crippen molar-refractivity contribution in [1.82, 2.24) is 34.9 Å². The van der Waals surface area contributed by atoms with Crippen LogP contribution >= 0.6 is 23.2 Å². The highest BCUT2D eigenvalue weighted by atomic mass is 35.5. The fraction of sp³-hybridized carbons (Fsp3) is 0.448. The number of imidazole rings is 1. The van der Waals surface area contributed by atoms with Gasteiger partial charge in [0.05, 0.1) is 18.1 Å². The molecule has 1 aromatic carbocycles. The van der Waals surface area contributed by atoms with Crippen molar-refractivity contribution < 1.29 is 9.59 Å². The standard InChI is InChI=1S/C29H36Cl2N8O2/c1-6-9-37-10-8-18(16-37)39-23(34-26(31)25(39)28(41)33-17-14-38(15-17)24(40)7-2)13-32-27-19-11-20(29(3,4)5)21(30)12-22(19)35-36-27/h6-7,11-12,17-18H,1-2,8-10,13-16H2,3-5H3,(H,33,41)(H2,32,35,36)/t18-/m1/s1. The molecule has 4 heterocycles. The zero-order chi connectivity index (χ0) is 29.5. The number of benzene rings is 1. The number of carbonyl (C=O) groups is 2. The van der Waals surface area contributed by atoms with E-state index in [0.29, 0.717) is 42.0 Å². The minimum absolute atomic E-state index is 0.00922. The zero-order valence-electron chi connectivity index (χ0n) is 23.6. The van der Waals surface area contributed by atoms with Crippen LogP contribution in [0.5, 0.6) is 0 Å². The minimum atomic E-state index is -0.304. The lowest BCUT2D eigenvalue weighted by atomic mass is 9.86. The Balaban J connectivity index is 1.41. The first-order valence-electron chi connectivity index (χ1n) is 13.7. The van der Waals surface area contributed by atoms with Gasteiger partial charge >= 0.3 is 0 Å². The van der Waals surface area contributed by atoms with Crippen LogP contribution in [0, 0.1) is 0 Å². The van der Waals surface area contributed by atoms with E-state index in [1.165, 1.54) is 6.08 Å². The molecule has 1 atom stereocenters.